The molecule has 0 bridgehead atoms. The summed E-state index contributed by atoms with van der Waals surface area (Å²) in [4.78, 5) is 22.1. The molecule has 0 fully saturated rings. The monoisotopic (exact) mass is 258 g/mol. The van der Waals surface area contributed by atoms with Gasteiger partial charge in [-0.25, -0.2) is 4.79 Å². The Bertz CT molecular complexity index is 644. The van der Waals surface area contributed by atoms with E-state index in [2.05, 4.69) is 0 Å². The van der Waals surface area contributed by atoms with Crippen molar-refractivity contribution in [3.63, 3.8) is 0 Å². The largest absolute Gasteiger partial charge is 0.477 e. The van der Waals surface area contributed by atoms with Crippen molar-refractivity contribution in [2.45, 2.75) is 13.5 Å². The zero-order valence-electron chi connectivity index (χ0n) is 10.5. The third-order valence-corrected chi connectivity index (χ3v) is 3.02. The van der Waals surface area contributed by atoms with E-state index in [0.717, 1.165) is 11.1 Å². The number of aromatic carboxylic acids is 1. The van der Waals surface area contributed by atoms with Crippen LogP contribution in [0.25, 0.3) is 0 Å². The Labute approximate surface area is 110 Å². The number of benzene rings is 1. The van der Waals surface area contributed by atoms with Gasteiger partial charge in [0.25, 0.3) is 0 Å². The quantitative estimate of drug-likeness (QED) is 0.874. The van der Waals surface area contributed by atoms with Crippen LogP contribution in [0.2, 0.25) is 0 Å². The fourth-order valence-electron chi connectivity index (χ4n) is 1.96. The first-order valence-corrected chi connectivity index (χ1v) is 5.77. The van der Waals surface area contributed by atoms with Crippen LogP contribution in [0.4, 0.5) is 0 Å². The van der Waals surface area contributed by atoms with Crippen LogP contribution in [0.5, 0.6) is 0 Å². The molecule has 1 aromatic heterocycles. The highest BCUT2D eigenvalue weighted by Crippen LogP contribution is 2.14. The van der Waals surface area contributed by atoms with Crippen LogP contribution < -0.4 is 5.73 Å². The van der Waals surface area contributed by atoms with Crippen molar-refractivity contribution < 1.29 is 14.7 Å². The number of carbonyl (C=O) groups is 2. The maximum atomic E-state index is 11.1. The van der Waals surface area contributed by atoms with Crippen LogP contribution in [0, 0.1) is 6.92 Å². The Morgan fingerprint density at radius 1 is 1.32 bits per heavy atom. The van der Waals surface area contributed by atoms with Gasteiger partial charge in [0.2, 0.25) is 5.91 Å². The molecule has 1 amide bonds. The predicted molar refractivity (Wildman–Crippen MR) is 70.2 cm³/mol. The van der Waals surface area contributed by atoms with Gasteiger partial charge in [-0.3, -0.25) is 4.79 Å². The topological polar surface area (TPSA) is 85.3 Å². The summed E-state index contributed by atoms with van der Waals surface area (Å²) in [5, 5.41) is 9.04. The SMILES string of the molecule is Cc1cc(C(N)=O)ccc1Cn1cccc1C(=O)O. The Kier molecular flexibility index (Phi) is 3.37. The lowest BCUT2D eigenvalue weighted by molar-refractivity contribution is 0.0685. The van der Waals surface area contributed by atoms with Crippen LogP contribution in [-0.2, 0) is 6.54 Å². The minimum atomic E-state index is -0.962. The summed E-state index contributed by atoms with van der Waals surface area (Å²) in [6, 6.07) is 8.39. The average molecular weight is 258 g/mol. The van der Waals surface area contributed by atoms with Gasteiger partial charge in [0.05, 0.1) is 0 Å². The van der Waals surface area contributed by atoms with E-state index in [-0.39, 0.29) is 5.69 Å². The van der Waals surface area contributed by atoms with Crippen molar-refractivity contribution in [3.8, 4) is 0 Å². The molecule has 0 spiro atoms. The van der Waals surface area contributed by atoms with Crippen LogP contribution in [0.3, 0.4) is 0 Å². The van der Waals surface area contributed by atoms with Crippen molar-refractivity contribution >= 4 is 11.9 Å². The Balaban J connectivity index is 2.31. The zero-order valence-corrected chi connectivity index (χ0v) is 10.5. The predicted octanol–water partition coefficient (Wildman–Crippen LogP) is 1.64. The lowest BCUT2D eigenvalue weighted by Gasteiger charge is -2.10. The van der Waals surface area contributed by atoms with Crippen molar-refractivity contribution in [3.05, 3.63) is 58.9 Å². The molecule has 5 heteroatoms. The molecule has 1 heterocycles. The van der Waals surface area contributed by atoms with E-state index in [4.69, 9.17) is 10.8 Å². The standard InChI is InChI=1S/C14H14N2O3/c1-9-7-10(13(15)17)4-5-11(9)8-16-6-2-3-12(16)14(18)19/h2-7H,8H2,1H3,(H2,15,17)(H,18,19). The molecule has 2 aromatic rings. The number of hydrogen-bond donors (Lipinski definition) is 2. The number of hydrogen-bond acceptors (Lipinski definition) is 2. The van der Waals surface area contributed by atoms with E-state index in [1.54, 1.807) is 41.1 Å². The number of primary amides is 1. The van der Waals surface area contributed by atoms with E-state index < -0.39 is 11.9 Å². The van der Waals surface area contributed by atoms with E-state index >= 15 is 0 Å². The zero-order chi connectivity index (χ0) is 14.0. The van der Waals surface area contributed by atoms with Crippen LogP contribution in [-0.4, -0.2) is 21.6 Å². The highest BCUT2D eigenvalue weighted by atomic mass is 16.4. The Hall–Kier alpha value is -2.56. The molecular formula is C14H14N2O3. The van der Waals surface area contributed by atoms with Gasteiger partial charge in [-0.15, -0.1) is 0 Å². The number of nitrogens with zero attached hydrogens (tertiary/aromatic N) is 1. The van der Waals surface area contributed by atoms with E-state index in [9.17, 15) is 9.59 Å². The van der Waals surface area contributed by atoms with Crippen LogP contribution in [0.15, 0.2) is 36.5 Å². The second kappa shape index (κ2) is 4.97. The molecule has 0 radical (unpaired) electrons. The molecule has 0 unspecified atom stereocenters. The van der Waals surface area contributed by atoms with E-state index in [1.165, 1.54) is 0 Å². The maximum Gasteiger partial charge on any atom is 0.352 e. The maximum absolute atomic E-state index is 11.1. The molecule has 0 aliphatic rings. The van der Waals surface area contributed by atoms with Gasteiger partial charge in [-0.2, -0.15) is 0 Å². The number of aryl methyl sites for hydroxylation is 1. The molecule has 3 N–H and O–H groups in total. The minimum Gasteiger partial charge on any atom is -0.477 e. The van der Waals surface area contributed by atoms with Gasteiger partial charge in [-0.05, 0) is 42.3 Å². The normalized spacial score (nSPS) is 10.4. The van der Waals surface area contributed by atoms with Crippen molar-refractivity contribution in [1.82, 2.24) is 4.57 Å². The summed E-state index contributed by atoms with van der Waals surface area (Å²) in [6.07, 6.45) is 1.71. The third-order valence-electron chi connectivity index (χ3n) is 3.02. The minimum absolute atomic E-state index is 0.235. The number of nitrogens with two attached hydrogens (primary N) is 1. The van der Waals surface area contributed by atoms with Crippen LogP contribution >= 0.6 is 0 Å². The van der Waals surface area contributed by atoms with E-state index in [1.807, 2.05) is 6.92 Å². The summed E-state index contributed by atoms with van der Waals surface area (Å²) < 4.78 is 1.65. The van der Waals surface area contributed by atoms with Crippen molar-refractivity contribution in [1.29, 1.82) is 0 Å². The number of rotatable bonds is 4. The molecule has 1 aromatic carbocycles. The first-order valence-electron chi connectivity index (χ1n) is 5.77. The summed E-state index contributed by atoms with van der Waals surface area (Å²) in [5.41, 5.74) is 7.75. The van der Waals surface area contributed by atoms with Crippen LogP contribution in [0.1, 0.15) is 32.0 Å². The molecule has 2 rings (SSSR count). The fourth-order valence-corrected chi connectivity index (χ4v) is 1.96. The Morgan fingerprint density at radius 2 is 2.05 bits per heavy atom. The van der Waals surface area contributed by atoms with Gasteiger partial charge in [-0.1, -0.05) is 6.07 Å². The molecule has 0 aliphatic carbocycles. The molecule has 5 nitrogen and oxygen atoms in total. The summed E-state index contributed by atoms with van der Waals surface area (Å²) in [5.74, 6) is -1.43. The molecule has 0 aliphatic heterocycles. The molecule has 98 valence electrons. The summed E-state index contributed by atoms with van der Waals surface area (Å²) in [7, 11) is 0. The number of amides is 1. The van der Waals surface area contributed by atoms with Gasteiger partial charge in [0.15, 0.2) is 0 Å². The average Bonchev–Trinajstić information content (AvgIpc) is 2.79. The number of aromatic nitrogens is 1. The van der Waals surface area contributed by atoms with Gasteiger partial charge >= 0.3 is 5.97 Å². The molecule has 0 saturated carbocycles. The van der Waals surface area contributed by atoms with Gasteiger partial charge < -0.3 is 15.4 Å². The first kappa shape index (κ1) is 12.9. The molecular weight excluding hydrogens is 244 g/mol. The van der Waals surface area contributed by atoms with Gasteiger partial charge in [0.1, 0.15) is 5.69 Å². The third kappa shape index (κ3) is 2.65. The lowest BCUT2D eigenvalue weighted by atomic mass is 10.0. The molecule has 19 heavy (non-hydrogen) atoms. The van der Waals surface area contributed by atoms with E-state index in [0.29, 0.717) is 12.1 Å². The summed E-state index contributed by atoms with van der Waals surface area (Å²) >= 11 is 0. The fraction of sp³-hybridized carbons (Fsp3) is 0.143. The van der Waals surface area contributed by atoms with Crippen molar-refractivity contribution in [2.24, 2.45) is 5.73 Å². The number of carboxylic acids is 1. The van der Waals surface area contributed by atoms with Gasteiger partial charge in [0, 0.05) is 18.3 Å². The highest BCUT2D eigenvalue weighted by molar-refractivity contribution is 5.93. The first-order chi connectivity index (χ1) is 8.99. The molecule has 0 atom stereocenters. The highest BCUT2D eigenvalue weighted by Gasteiger charge is 2.10. The lowest BCUT2D eigenvalue weighted by Crippen LogP contribution is -2.12. The van der Waals surface area contributed by atoms with Crippen molar-refractivity contribution in [2.75, 3.05) is 0 Å². The number of carboxylic acid groups (broad SMARTS) is 1. The summed E-state index contributed by atoms with van der Waals surface area (Å²) in [6.45, 7) is 2.31. The Morgan fingerprint density at radius 3 is 2.63 bits per heavy atom. The number of carbonyl (C=O) groups excluding carboxylic acids is 1. The second-order valence-electron chi connectivity index (χ2n) is 4.33. The smallest absolute Gasteiger partial charge is 0.352 e. The molecule has 0 saturated heterocycles. The second-order valence-corrected chi connectivity index (χ2v) is 4.33.